The van der Waals surface area contributed by atoms with Crippen molar-refractivity contribution in [2.75, 3.05) is 25.0 Å². The number of nitrogens with zero attached hydrogens (tertiary/aromatic N) is 1. The number of anilines is 1. The number of benzene rings is 2. The molecule has 1 aromatic heterocycles. The van der Waals surface area contributed by atoms with E-state index in [1.807, 2.05) is 24.3 Å². The van der Waals surface area contributed by atoms with Gasteiger partial charge in [0.15, 0.2) is 0 Å². The molecule has 0 atom stereocenters. The molecular weight excluding hydrogens is 361 g/mol. The van der Waals surface area contributed by atoms with Crippen LogP contribution >= 0.6 is 0 Å². The molecule has 1 heterocycles. The number of imidazole rings is 1. The molecule has 0 spiro atoms. The van der Waals surface area contributed by atoms with Gasteiger partial charge in [0.1, 0.15) is 5.75 Å². The molecule has 0 aliphatic carbocycles. The highest BCUT2D eigenvalue weighted by Gasteiger charge is 2.31. The molecule has 0 saturated carbocycles. The summed E-state index contributed by atoms with van der Waals surface area (Å²) in [7, 11) is 0. The zero-order chi connectivity index (χ0) is 19.4. The first-order valence-electron chi connectivity index (χ1n) is 8.38. The summed E-state index contributed by atoms with van der Waals surface area (Å²) in [6, 6.07) is 10.3. The van der Waals surface area contributed by atoms with E-state index in [-0.39, 0.29) is 11.4 Å². The Labute approximate surface area is 152 Å². The standard InChI is InChI=1S/C18H19F3N4O2/c19-18(20,21)12-9-13(11-14(26)10-12)23-6-5-22-7-8-25-16-4-2-1-3-15(16)24-17(25)27/h1-4,9-11,22-23,26H,5-8H2,(H,24,27). The van der Waals surface area contributed by atoms with Crippen LogP contribution in [0.15, 0.2) is 47.3 Å². The average Bonchev–Trinajstić information content (AvgIpc) is 2.92. The highest BCUT2D eigenvalue weighted by atomic mass is 19.4. The lowest BCUT2D eigenvalue weighted by Gasteiger charge is -2.12. The largest absolute Gasteiger partial charge is 0.508 e. The van der Waals surface area contributed by atoms with Crippen LogP contribution in [-0.2, 0) is 12.7 Å². The van der Waals surface area contributed by atoms with Gasteiger partial charge in [0.25, 0.3) is 0 Å². The van der Waals surface area contributed by atoms with Crippen molar-refractivity contribution in [3.63, 3.8) is 0 Å². The number of nitrogens with one attached hydrogen (secondary N) is 3. The van der Waals surface area contributed by atoms with E-state index in [1.165, 1.54) is 6.07 Å². The molecule has 0 aliphatic heterocycles. The third kappa shape index (κ3) is 4.62. The minimum Gasteiger partial charge on any atom is -0.508 e. The van der Waals surface area contributed by atoms with Gasteiger partial charge < -0.3 is 20.7 Å². The van der Waals surface area contributed by atoms with Crippen molar-refractivity contribution in [2.24, 2.45) is 0 Å². The lowest BCUT2D eigenvalue weighted by atomic mass is 10.2. The molecule has 6 nitrogen and oxygen atoms in total. The van der Waals surface area contributed by atoms with E-state index in [0.717, 1.165) is 17.1 Å². The molecule has 144 valence electrons. The molecule has 0 radical (unpaired) electrons. The van der Waals surface area contributed by atoms with Crippen LogP contribution in [0.4, 0.5) is 18.9 Å². The number of alkyl halides is 3. The second kappa shape index (κ2) is 7.75. The van der Waals surface area contributed by atoms with Crippen LogP contribution in [-0.4, -0.2) is 34.3 Å². The molecule has 9 heteroatoms. The minimum atomic E-state index is -4.51. The number of para-hydroxylation sites is 2. The number of phenols is 1. The Hall–Kier alpha value is -2.94. The number of hydrogen-bond acceptors (Lipinski definition) is 4. The van der Waals surface area contributed by atoms with Crippen LogP contribution in [0.25, 0.3) is 11.0 Å². The van der Waals surface area contributed by atoms with E-state index in [1.54, 1.807) is 4.57 Å². The topological polar surface area (TPSA) is 82.1 Å². The molecule has 2 aromatic carbocycles. The highest BCUT2D eigenvalue weighted by Crippen LogP contribution is 2.33. The molecule has 0 unspecified atom stereocenters. The van der Waals surface area contributed by atoms with Crippen molar-refractivity contribution in [1.29, 1.82) is 0 Å². The first kappa shape index (κ1) is 18.8. The fourth-order valence-corrected chi connectivity index (χ4v) is 2.82. The number of halogens is 3. The van der Waals surface area contributed by atoms with Crippen LogP contribution in [0.1, 0.15) is 5.56 Å². The van der Waals surface area contributed by atoms with Gasteiger partial charge in [-0.15, -0.1) is 0 Å². The SMILES string of the molecule is O=c1[nH]c2ccccc2n1CCNCCNc1cc(O)cc(C(F)(F)F)c1. The molecule has 0 bridgehead atoms. The lowest BCUT2D eigenvalue weighted by Crippen LogP contribution is -2.28. The number of aromatic hydroxyl groups is 1. The van der Waals surface area contributed by atoms with E-state index in [2.05, 4.69) is 15.6 Å². The Balaban J connectivity index is 1.48. The number of hydrogen-bond donors (Lipinski definition) is 4. The number of aromatic nitrogens is 2. The molecule has 0 aliphatic rings. The number of fused-ring (bicyclic) bond motifs is 1. The third-order valence-electron chi connectivity index (χ3n) is 4.07. The number of aromatic amines is 1. The smallest absolute Gasteiger partial charge is 0.416 e. The second-order valence-electron chi connectivity index (χ2n) is 6.04. The fraction of sp³-hybridized carbons (Fsp3) is 0.278. The summed E-state index contributed by atoms with van der Waals surface area (Å²) >= 11 is 0. The van der Waals surface area contributed by atoms with Crippen LogP contribution in [0.5, 0.6) is 5.75 Å². The molecular formula is C18H19F3N4O2. The summed E-state index contributed by atoms with van der Waals surface area (Å²) in [6.45, 7) is 1.84. The van der Waals surface area contributed by atoms with Crippen molar-refractivity contribution in [3.05, 3.63) is 58.5 Å². The molecule has 0 saturated heterocycles. The van der Waals surface area contributed by atoms with Crippen LogP contribution in [0, 0.1) is 0 Å². The number of phenolic OH excluding ortho intramolecular Hbond substituents is 1. The maximum Gasteiger partial charge on any atom is 0.416 e. The quantitative estimate of drug-likeness (QED) is 0.475. The van der Waals surface area contributed by atoms with E-state index in [4.69, 9.17) is 0 Å². The van der Waals surface area contributed by atoms with Crippen molar-refractivity contribution >= 4 is 16.7 Å². The fourth-order valence-electron chi connectivity index (χ4n) is 2.82. The maximum absolute atomic E-state index is 12.7. The Morgan fingerprint density at radius 3 is 2.63 bits per heavy atom. The van der Waals surface area contributed by atoms with Crippen LogP contribution in [0.3, 0.4) is 0 Å². The predicted octanol–water partition coefficient (Wildman–Crippen LogP) is 2.76. The summed E-state index contributed by atoms with van der Waals surface area (Å²) in [5.74, 6) is -0.445. The monoisotopic (exact) mass is 380 g/mol. The van der Waals surface area contributed by atoms with Gasteiger partial charge in [-0.05, 0) is 24.3 Å². The van der Waals surface area contributed by atoms with Crippen molar-refractivity contribution in [1.82, 2.24) is 14.9 Å². The molecule has 0 fully saturated rings. The molecule has 27 heavy (non-hydrogen) atoms. The second-order valence-corrected chi connectivity index (χ2v) is 6.04. The Morgan fingerprint density at radius 1 is 1.07 bits per heavy atom. The highest BCUT2D eigenvalue weighted by molar-refractivity contribution is 5.74. The van der Waals surface area contributed by atoms with Crippen molar-refractivity contribution < 1.29 is 18.3 Å². The number of rotatable bonds is 7. The lowest BCUT2D eigenvalue weighted by molar-refractivity contribution is -0.137. The van der Waals surface area contributed by atoms with E-state index < -0.39 is 17.5 Å². The van der Waals surface area contributed by atoms with Crippen LogP contribution in [0.2, 0.25) is 0 Å². The van der Waals surface area contributed by atoms with Crippen molar-refractivity contribution in [3.8, 4) is 5.75 Å². The predicted molar refractivity (Wildman–Crippen MR) is 97.0 cm³/mol. The molecule has 3 aromatic rings. The molecule has 3 rings (SSSR count). The molecule has 0 amide bonds. The summed E-state index contributed by atoms with van der Waals surface area (Å²) in [4.78, 5) is 14.7. The summed E-state index contributed by atoms with van der Waals surface area (Å²) in [6.07, 6.45) is -4.51. The van der Waals surface area contributed by atoms with Crippen molar-refractivity contribution in [2.45, 2.75) is 12.7 Å². The average molecular weight is 380 g/mol. The first-order chi connectivity index (χ1) is 12.8. The van der Waals surface area contributed by atoms with Crippen LogP contribution < -0.4 is 16.3 Å². The number of H-pyrrole nitrogens is 1. The van der Waals surface area contributed by atoms with E-state index in [9.17, 15) is 23.1 Å². The summed E-state index contributed by atoms with van der Waals surface area (Å²) in [5, 5.41) is 15.4. The minimum absolute atomic E-state index is 0.185. The maximum atomic E-state index is 12.7. The molecule has 4 N–H and O–H groups in total. The zero-order valence-electron chi connectivity index (χ0n) is 14.3. The summed E-state index contributed by atoms with van der Waals surface area (Å²) in [5.41, 5.74) is 0.694. The van der Waals surface area contributed by atoms with E-state index >= 15 is 0 Å². The van der Waals surface area contributed by atoms with Gasteiger partial charge in [0.05, 0.1) is 16.6 Å². The normalized spacial score (nSPS) is 11.8. The zero-order valence-corrected chi connectivity index (χ0v) is 14.3. The van der Waals surface area contributed by atoms with Gasteiger partial charge >= 0.3 is 11.9 Å². The Kier molecular flexibility index (Phi) is 5.41. The van der Waals surface area contributed by atoms with Gasteiger partial charge in [0.2, 0.25) is 0 Å². The van der Waals surface area contributed by atoms with Gasteiger partial charge in [-0.25, -0.2) is 4.79 Å². The summed E-state index contributed by atoms with van der Waals surface area (Å²) < 4.78 is 39.8. The Bertz CT molecular complexity index is 979. The van der Waals surface area contributed by atoms with E-state index in [0.29, 0.717) is 32.2 Å². The van der Waals surface area contributed by atoms with Gasteiger partial charge in [-0.1, -0.05) is 12.1 Å². The van der Waals surface area contributed by atoms with Gasteiger partial charge in [-0.3, -0.25) is 4.57 Å². The van der Waals surface area contributed by atoms with Gasteiger partial charge in [0, 0.05) is 37.9 Å². The first-order valence-corrected chi connectivity index (χ1v) is 8.38. The van der Waals surface area contributed by atoms with Gasteiger partial charge in [-0.2, -0.15) is 13.2 Å². The third-order valence-corrected chi connectivity index (χ3v) is 4.07. The Morgan fingerprint density at radius 2 is 1.85 bits per heavy atom.